The van der Waals surface area contributed by atoms with Gasteiger partial charge in [-0.3, -0.25) is 0 Å². The molecule has 0 aliphatic rings. The van der Waals surface area contributed by atoms with Crippen molar-refractivity contribution >= 4 is 5.97 Å². The van der Waals surface area contributed by atoms with Crippen LogP contribution in [0.15, 0.2) is 91.6 Å². The van der Waals surface area contributed by atoms with E-state index in [0.717, 1.165) is 6.08 Å². The third-order valence-corrected chi connectivity index (χ3v) is 0.502. The van der Waals surface area contributed by atoms with Crippen LogP contribution in [-0.2, 0) is 9.53 Å². The summed E-state index contributed by atoms with van der Waals surface area (Å²) in [5.74, 6) is -0.501. The summed E-state index contributed by atoms with van der Waals surface area (Å²) in [4.78, 5) is 10.1. The van der Waals surface area contributed by atoms with Crippen molar-refractivity contribution in [3.05, 3.63) is 91.6 Å². The number of hydrogen-bond acceptors (Lipinski definition) is 3. The van der Waals surface area contributed by atoms with Crippen LogP contribution in [-0.4, -0.2) is 24.3 Å². The first-order chi connectivity index (χ1) is 9.81. The first kappa shape index (κ1) is 43.2. The summed E-state index contributed by atoms with van der Waals surface area (Å²) < 4.78 is 4.33. The highest BCUT2D eigenvalue weighted by Crippen LogP contribution is 1.75. The zero-order valence-electron chi connectivity index (χ0n) is 12.9. The monoisotopic (exact) mass is 284 g/mol. The fourth-order valence-corrected chi connectivity index (χ4v) is 0.205. The number of aliphatic hydroxyl groups is 1. The summed E-state index contributed by atoms with van der Waals surface area (Å²) in [6.45, 7) is 39.1. The molecule has 0 spiro atoms. The third-order valence-electron chi connectivity index (χ3n) is 0.502. The molecule has 0 aromatic rings. The van der Waals surface area contributed by atoms with Gasteiger partial charge in [0.25, 0.3) is 0 Å². The van der Waals surface area contributed by atoms with Gasteiger partial charge in [0.05, 0.1) is 6.61 Å². The molecule has 0 aromatic heterocycles. The molecule has 0 atom stereocenters. The number of rotatable bonds is 3. The molecule has 0 amide bonds. The molecule has 20 heavy (non-hydrogen) atoms. The standard InChI is InChI=1S/C5H8O3.6C2H4/c1-2-5(7)8-4-3-6;6*1-2/h2,6H,1,3-4H2;6*1-2H2. The van der Waals surface area contributed by atoms with Crippen LogP contribution in [0.4, 0.5) is 0 Å². The molecular formula is C17H32O3. The van der Waals surface area contributed by atoms with Crippen molar-refractivity contribution in [2.45, 2.75) is 0 Å². The lowest BCUT2D eigenvalue weighted by atomic mass is 10.6. The predicted molar refractivity (Wildman–Crippen MR) is 95.8 cm³/mol. The van der Waals surface area contributed by atoms with Gasteiger partial charge in [-0.25, -0.2) is 4.79 Å². The first-order valence-corrected chi connectivity index (χ1v) is 5.21. The first-order valence-electron chi connectivity index (χ1n) is 5.21. The summed E-state index contributed by atoms with van der Waals surface area (Å²) in [6.07, 6.45) is 1.05. The topological polar surface area (TPSA) is 46.5 Å². The maximum Gasteiger partial charge on any atom is 0.330 e. The summed E-state index contributed by atoms with van der Waals surface area (Å²) >= 11 is 0. The molecule has 0 saturated carbocycles. The number of hydrogen-bond donors (Lipinski definition) is 1. The Morgan fingerprint density at radius 2 is 1.05 bits per heavy atom. The van der Waals surface area contributed by atoms with Crippen molar-refractivity contribution < 1.29 is 14.6 Å². The van der Waals surface area contributed by atoms with Crippen molar-refractivity contribution in [1.29, 1.82) is 0 Å². The van der Waals surface area contributed by atoms with E-state index >= 15 is 0 Å². The van der Waals surface area contributed by atoms with Gasteiger partial charge in [0.1, 0.15) is 6.61 Å². The normalized spacial score (nSPS) is 4.45. The average molecular weight is 284 g/mol. The number of carbonyl (C=O) groups is 1. The minimum absolute atomic E-state index is 0.0465. The molecule has 0 saturated heterocycles. The molecule has 0 radical (unpaired) electrons. The van der Waals surface area contributed by atoms with Crippen LogP contribution in [0.25, 0.3) is 0 Å². The van der Waals surface area contributed by atoms with E-state index in [2.05, 4.69) is 90.3 Å². The molecular weight excluding hydrogens is 252 g/mol. The minimum atomic E-state index is -0.501. The van der Waals surface area contributed by atoms with E-state index in [0.29, 0.717) is 0 Å². The lowest BCUT2D eigenvalue weighted by molar-refractivity contribution is -0.138. The van der Waals surface area contributed by atoms with Crippen molar-refractivity contribution in [3.8, 4) is 0 Å². The van der Waals surface area contributed by atoms with Crippen LogP contribution in [0, 0.1) is 0 Å². The number of ether oxygens (including phenoxy) is 1. The van der Waals surface area contributed by atoms with Crippen LogP contribution in [0.5, 0.6) is 0 Å². The van der Waals surface area contributed by atoms with E-state index in [1.807, 2.05) is 0 Å². The maximum absolute atomic E-state index is 10.1. The van der Waals surface area contributed by atoms with Crippen molar-refractivity contribution in [2.24, 2.45) is 0 Å². The second kappa shape index (κ2) is 190. The van der Waals surface area contributed by atoms with Gasteiger partial charge in [0, 0.05) is 6.08 Å². The highest BCUT2D eigenvalue weighted by molar-refractivity contribution is 5.81. The fraction of sp³-hybridized carbons (Fsp3) is 0.118. The number of carbonyl (C=O) groups excluding carboxylic acids is 1. The average Bonchev–Trinajstić information content (AvgIpc) is 2.63. The third kappa shape index (κ3) is 256. The van der Waals surface area contributed by atoms with E-state index in [1.165, 1.54) is 0 Å². The molecule has 0 aromatic carbocycles. The van der Waals surface area contributed by atoms with Gasteiger partial charge in [-0.2, -0.15) is 0 Å². The second-order valence-electron chi connectivity index (χ2n) is 1.10. The Morgan fingerprint density at radius 3 is 1.20 bits per heavy atom. The Balaban J connectivity index is -0.0000000238. The van der Waals surface area contributed by atoms with Gasteiger partial charge in [-0.15, -0.1) is 78.9 Å². The molecule has 3 nitrogen and oxygen atoms in total. The van der Waals surface area contributed by atoms with Crippen LogP contribution in [0.2, 0.25) is 0 Å². The Morgan fingerprint density at radius 1 is 0.800 bits per heavy atom. The summed E-state index contributed by atoms with van der Waals surface area (Å²) in [6, 6.07) is 0. The van der Waals surface area contributed by atoms with Gasteiger partial charge in [0.15, 0.2) is 0 Å². The van der Waals surface area contributed by atoms with E-state index in [-0.39, 0.29) is 13.2 Å². The number of aliphatic hydroxyl groups excluding tert-OH is 1. The molecule has 0 fully saturated rings. The highest BCUT2D eigenvalue weighted by Gasteiger charge is 1.90. The van der Waals surface area contributed by atoms with E-state index in [4.69, 9.17) is 5.11 Å². The summed E-state index contributed by atoms with van der Waals surface area (Å²) in [5, 5.41) is 8.10. The second-order valence-corrected chi connectivity index (χ2v) is 1.10. The van der Waals surface area contributed by atoms with Crippen LogP contribution in [0.1, 0.15) is 0 Å². The van der Waals surface area contributed by atoms with Gasteiger partial charge in [-0.05, 0) is 0 Å². The minimum Gasteiger partial charge on any atom is -0.460 e. The van der Waals surface area contributed by atoms with Crippen LogP contribution >= 0.6 is 0 Å². The molecule has 3 heteroatoms. The summed E-state index contributed by atoms with van der Waals surface area (Å²) in [5.41, 5.74) is 0. The Labute approximate surface area is 126 Å². The van der Waals surface area contributed by atoms with Crippen molar-refractivity contribution in [1.82, 2.24) is 0 Å². The van der Waals surface area contributed by atoms with Crippen molar-refractivity contribution in [3.63, 3.8) is 0 Å². The molecule has 0 rings (SSSR count). The predicted octanol–water partition coefficient (Wildman–Crippen LogP) is 4.52. The van der Waals surface area contributed by atoms with Crippen LogP contribution in [0.3, 0.4) is 0 Å². The van der Waals surface area contributed by atoms with Gasteiger partial charge in [-0.1, -0.05) is 6.58 Å². The summed E-state index contributed by atoms with van der Waals surface area (Å²) in [7, 11) is 0. The quantitative estimate of drug-likeness (QED) is 0.471. The Kier molecular flexibility index (Phi) is 411. The van der Waals surface area contributed by atoms with Crippen molar-refractivity contribution in [2.75, 3.05) is 13.2 Å². The molecule has 0 unspecified atom stereocenters. The Bertz CT molecular complexity index is 141. The molecule has 1 N–H and O–H groups in total. The zero-order chi connectivity index (χ0) is 18.4. The van der Waals surface area contributed by atoms with Gasteiger partial charge in [0.2, 0.25) is 0 Å². The molecule has 0 aliphatic carbocycles. The Hall–Kier alpha value is -2.39. The van der Waals surface area contributed by atoms with E-state index in [1.54, 1.807) is 0 Å². The van der Waals surface area contributed by atoms with E-state index in [9.17, 15) is 4.79 Å². The SMILES string of the molecule is C=C.C=C.C=C.C=C.C=C.C=C.C=CC(=O)OCCO. The fourth-order valence-electron chi connectivity index (χ4n) is 0.205. The smallest absolute Gasteiger partial charge is 0.330 e. The maximum atomic E-state index is 10.1. The highest BCUT2D eigenvalue weighted by atomic mass is 16.5. The van der Waals surface area contributed by atoms with Crippen LogP contribution < -0.4 is 0 Å². The van der Waals surface area contributed by atoms with Gasteiger partial charge < -0.3 is 9.84 Å². The molecule has 0 aliphatic heterocycles. The molecule has 0 bridgehead atoms. The lowest BCUT2D eigenvalue weighted by Crippen LogP contribution is -2.04. The molecule has 0 heterocycles. The molecule has 118 valence electrons. The zero-order valence-corrected chi connectivity index (χ0v) is 12.9. The lowest BCUT2D eigenvalue weighted by Gasteiger charge is -1.94. The number of esters is 1. The largest absolute Gasteiger partial charge is 0.460 e. The van der Waals surface area contributed by atoms with Gasteiger partial charge >= 0.3 is 5.97 Å². The van der Waals surface area contributed by atoms with E-state index < -0.39 is 5.97 Å².